The lowest BCUT2D eigenvalue weighted by Crippen LogP contribution is -2.35. The highest BCUT2D eigenvalue weighted by atomic mass is 32.2. The SMILES string of the molecule is Cc1cc(Sc2n[nH]c(=O)n2C)ccc1CNC(C)(C)C. The number of aryl methyl sites for hydroxylation is 1. The van der Waals surface area contributed by atoms with Gasteiger partial charge in [-0.05, 0) is 62.7 Å². The summed E-state index contributed by atoms with van der Waals surface area (Å²) in [6.07, 6.45) is 0. The van der Waals surface area contributed by atoms with Crippen LogP contribution in [0, 0.1) is 6.92 Å². The molecule has 0 saturated heterocycles. The van der Waals surface area contributed by atoms with Crippen LogP contribution in [0.1, 0.15) is 31.9 Å². The molecule has 1 aromatic carbocycles. The van der Waals surface area contributed by atoms with Gasteiger partial charge < -0.3 is 5.32 Å². The average Bonchev–Trinajstić information content (AvgIpc) is 2.69. The van der Waals surface area contributed by atoms with Gasteiger partial charge in [0.25, 0.3) is 0 Å². The maximum Gasteiger partial charge on any atom is 0.343 e. The third kappa shape index (κ3) is 4.22. The predicted molar refractivity (Wildman–Crippen MR) is 85.7 cm³/mol. The molecule has 2 rings (SSSR count). The molecule has 0 bridgehead atoms. The lowest BCUT2D eigenvalue weighted by Gasteiger charge is -2.21. The average molecular weight is 306 g/mol. The maximum absolute atomic E-state index is 11.4. The Hall–Kier alpha value is -1.53. The third-order valence-corrected chi connectivity index (χ3v) is 4.21. The summed E-state index contributed by atoms with van der Waals surface area (Å²) in [5, 5.41) is 10.6. The lowest BCUT2D eigenvalue weighted by molar-refractivity contribution is 0.424. The first-order chi connectivity index (χ1) is 9.76. The fourth-order valence-electron chi connectivity index (χ4n) is 1.82. The Morgan fingerprint density at radius 1 is 1.38 bits per heavy atom. The van der Waals surface area contributed by atoms with Gasteiger partial charge in [0.1, 0.15) is 0 Å². The van der Waals surface area contributed by atoms with Crippen molar-refractivity contribution in [3.05, 3.63) is 39.8 Å². The topological polar surface area (TPSA) is 62.7 Å². The van der Waals surface area contributed by atoms with Crippen LogP contribution < -0.4 is 11.0 Å². The molecular weight excluding hydrogens is 284 g/mol. The Morgan fingerprint density at radius 2 is 2.10 bits per heavy atom. The largest absolute Gasteiger partial charge is 0.343 e. The highest BCUT2D eigenvalue weighted by molar-refractivity contribution is 7.99. The number of benzene rings is 1. The van der Waals surface area contributed by atoms with Gasteiger partial charge in [0.05, 0.1) is 0 Å². The molecule has 0 radical (unpaired) electrons. The summed E-state index contributed by atoms with van der Waals surface area (Å²) in [6.45, 7) is 9.42. The van der Waals surface area contributed by atoms with Gasteiger partial charge in [-0.2, -0.15) is 0 Å². The molecule has 0 aliphatic heterocycles. The van der Waals surface area contributed by atoms with Gasteiger partial charge in [-0.3, -0.25) is 4.57 Å². The Labute approximate surface area is 129 Å². The minimum absolute atomic E-state index is 0.104. The van der Waals surface area contributed by atoms with E-state index in [0.29, 0.717) is 5.16 Å². The standard InChI is InChI=1S/C15H22N4OS/c1-10-8-12(21-14-18-17-13(20)19(14)5)7-6-11(10)9-16-15(2,3)4/h6-8,16H,9H2,1-5H3,(H,17,20). The first-order valence-corrected chi connectivity index (χ1v) is 7.72. The molecule has 2 N–H and O–H groups in total. The number of nitrogens with one attached hydrogen (secondary N) is 2. The minimum atomic E-state index is -0.194. The van der Waals surface area contributed by atoms with Crippen LogP contribution >= 0.6 is 11.8 Å². The second kappa shape index (κ2) is 6.07. The molecule has 1 aromatic heterocycles. The Bertz CT molecular complexity index is 682. The zero-order chi connectivity index (χ0) is 15.6. The molecule has 0 amide bonds. The molecule has 0 spiro atoms. The van der Waals surface area contributed by atoms with Gasteiger partial charge in [0, 0.05) is 24.0 Å². The van der Waals surface area contributed by atoms with E-state index in [9.17, 15) is 4.79 Å². The first-order valence-electron chi connectivity index (χ1n) is 6.90. The normalized spacial score (nSPS) is 11.9. The molecule has 5 nitrogen and oxygen atoms in total. The van der Waals surface area contributed by atoms with Gasteiger partial charge in [-0.15, -0.1) is 5.10 Å². The zero-order valence-electron chi connectivity index (χ0n) is 13.2. The van der Waals surface area contributed by atoms with E-state index in [1.165, 1.54) is 27.5 Å². The number of aromatic amines is 1. The highest BCUT2D eigenvalue weighted by Gasteiger charge is 2.11. The molecule has 6 heteroatoms. The summed E-state index contributed by atoms with van der Waals surface area (Å²) in [7, 11) is 1.71. The number of aromatic nitrogens is 3. The summed E-state index contributed by atoms with van der Waals surface area (Å²) in [4.78, 5) is 12.4. The van der Waals surface area contributed by atoms with Crippen LogP contribution in [-0.2, 0) is 13.6 Å². The molecule has 0 aliphatic rings. The number of hydrogen-bond donors (Lipinski definition) is 2. The van der Waals surface area contributed by atoms with E-state index in [1.54, 1.807) is 7.05 Å². The minimum Gasteiger partial charge on any atom is -0.308 e. The molecule has 0 unspecified atom stereocenters. The zero-order valence-corrected chi connectivity index (χ0v) is 14.0. The van der Waals surface area contributed by atoms with Crippen molar-refractivity contribution in [3.8, 4) is 0 Å². The molecular formula is C15H22N4OS. The molecule has 2 aromatic rings. The Balaban J connectivity index is 2.12. The summed E-state index contributed by atoms with van der Waals surface area (Å²) in [5.74, 6) is 0. The van der Waals surface area contributed by atoms with Gasteiger partial charge in [-0.1, -0.05) is 6.07 Å². The molecule has 0 fully saturated rings. The van der Waals surface area contributed by atoms with Crippen molar-refractivity contribution >= 4 is 11.8 Å². The number of rotatable bonds is 4. The van der Waals surface area contributed by atoms with E-state index in [4.69, 9.17) is 0 Å². The lowest BCUT2D eigenvalue weighted by atomic mass is 10.1. The fraction of sp³-hybridized carbons (Fsp3) is 0.467. The Morgan fingerprint density at radius 3 is 2.62 bits per heavy atom. The van der Waals surface area contributed by atoms with Gasteiger partial charge in [-0.25, -0.2) is 9.89 Å². The second-order valence-corrected chi connectivity index (χ2v) is 7.20. The van der Waals surface area contributed by atoms with Crippen LogP contribution in [0.3, 0.4) is 0 Å². The monoisotopic (exact) mass is 306 g/mol. The van der Waals surface area contributed by atoms with Crippen LogP contribution in [-0.4, -0.2) is 20.3 Å². The van der Waals surface area contributed by atoms with Crippen LogP contribution in [0.25, 0.3) is 0 Å². The Kier molecular flexibility index (Phi) is 4.58. The van der Waals surface area contributed by atoms with Crippen molar-refractivity contribution < 1.29 is 0 Å². The molecule has 21 heavy (non-hydrogen) atoms. The van der Waals surface area contributed by atoms with E-state index in [2.05, 4.69) is 61.4 Å². The maximum atomic E-state index is 11.4. The van der Waals surface area contributed by atoms with Crippen molar-refractivity contribution in [3.63, 3.8) is 0 Å². The van der Waals surface area contributed by atoms with E-state index in [-0.39, 0.29) is 11.2 Å². The smallest absolute Gasteiger partial charge is 0.308 e. The van der Waals surface area contributed by atoms with E-state index < -0.39 is 0 Å². The molecule has 1 heterocycles. The van der Waals surface area contributed by atoms with Crippen LogP contribution in [0.15, 0.2) is 33.0 Å². The van der Waals surface area contributed by atoms with Crippen molar-refractivity contribution in [2.45, 2.75) is 49.8 Å². The summed E-state index contributed by atoms with van der Waals surface area (Å²) in [5.41, 5.74) is 2.43. The third-order valence-electron chi connectivity index (χ3n) is 3.17. The van der Waals surface area contributed by atoms with E-state index in [0.717, 1.165) is 11.4 Å². The van der Waals surface area contributed by atoms with Crippen LogP contribution in [0.4, 0.5) is 0 Å². The van der Waals surface area contributed by atoms with Crippen molar-refractivity contribution in [1.29, 1.82) is 0 Å². The number of H-pyrrole nitrogens is 1. The highest BCUT2D eigenvalue weighted by Crippen LogP contribution is 2.26. The number of hydrogen-bond acceptors (Lipinski definition) is 4. The van der Waals surface area contributed by atoms with Gasteiger partial charge >= 0.3 is 5.69 Å². The van der Waals surface area contributed by atoms with E-state index in [1.807, 2.05) is 0 Å². The molecule has 0 aliphatic carbocycles. The van der Waals surface area contributed by atoms with Gasteiger partial charge in [0.2, 0.25) is 0 Å². The summed E-state index contributed by atoms with van der Waals surface area (Å²) in [6, 6.07) is 6.32. The summed E-state index contributed by atoms with van der Waals surface area (Å²) >= 11 is 1.48. The molecule has 0 atom stereocenters. The predicted octanol–water partition coefficient (Wildman–Crippen LogP) is 2.46. The molecule has 0 saturated carbocycles. The van der Waals surface area contributed by atoms with Crippen LogP contribution in [0.5, 0.6) is 0 Å². The van der Waals surface area contributed by atoms with Crippen LogP contribution in [0.2, 0.25) is 0 Å². The second-order valence-electron chi connectivity index (χ2n) is 6.16. The number of nitrogens with zero attached hydrogens (tertiary/aromatic N) is 2. The summed E-state index contributed by atoms with van der Waals surface area (Å²) < 4.78 is 1.51. The fourth-order valence-corrected chi connectivity index (χ4v) is 2.71. The van der Waals surface area contributed by atoms with E-state index >= 15 is 0 Å². The van der Waals surface area contributed by atoms with Gasteiger partial charge in [0.15, 0.2) is 5.16 Å². The van der Waals surface area contributed by atoms with Crippen molar-refractivity contribution in [1.82, 2.24) is 20.1 Å². The first kappa shape index (κ1) is 15.9. The molecule has 114 valence electrons. The van der Waals surface area contributed by atoms with Crippen molar-refractivity contribution in [2.24, 2.45) is 7.05 Å². The van der Waals surface area contributed by atoms with Crippen molar-refractivity contribution in [2.75, 3.05) is 0 Å². The quantitative estimate of drug-likeness (QED) is 0.911.